The second-order valence-electron chi connectivity index (χ2n) is 5.07. The molecule has 2 unspecified atom stereocenters. The summed E-state index contributed by atoms with van der Waals surface area (Å²) in [7, 11) is 0. The van der Waals surface area contributed by atoms with Gasteiger partial charge in [-0.25, -0.2) is 4.98 Å². The first-order valence-corrected chi connectivity index (χ1v) is 6.70. The normalized spacial score (nSPS) is 22.2. The van der Waals surface area contributed by atoms with E-state index in [1.54, 1.807) is 0 Å². The maximum Gasteiger partial charge on any atom is 0.306 e. The van der Waals surface area contributed by atoms with Crippen molar-refractivity contribution in [3.8, 4) is 0 Å². The van der Waals surface area contributed by atoms with Crippen molar-refractivity contribution in [1.82, 2.24) is 10.3 Å². The first-order valence-electron chi connectivity index (χ1n) is 6.70. The summed E-state index contributed by atoms with van der Waals surface area (Å²) in [5.41, 5.74) is 0.272. The molecule has 20 heavy (non-hydrogen) atoms. The Morgan fingerprint density at radius 2 is 2.10 bits per heavy atom. The van der Waals surface area contributed by atoms with Crippen molar-refractivity contribution < 1.29 is 19.1 Å². The van der Waals surface area contributed by atoms with Crippen molar-refractivity contribution in [3.63, 3.8) is 0 Å². The van der Waals surface area contributed by atoms with Gasteiger partial charge in [-0.3, -0.25) is 9.59 Å². The quantitative estimate of drug-likeness (QED) is 0.825. The smallest absolute Gasteiger partial charge is 0.306 e. The number of carbonyl (C=O) groups is 2. The standard InChI is InChI=1S/C14H17FN2O3/c15-12-6-5-10(8-16-12)13(18)17-7-9-3-1-2-4-11(9)14(19)20/h5-6,8-9,11H,1-4,7H2,(H,17,18)(H,19,20). The molecule has 0 spiro atoms. The molecule has 0 radical (unpaired) electrons. The summed E-state index contributed by atoms with van der Waals surface area (Å²) in [6, 6.07) is 2.47. The highest BCUT2D eigenvalue weighted by atomic mass is 19.1. The Morgan fingerprint density at radius 3 is 2.75 bits per heavy atom. The second kappa shape index (κ2) is 6.45. The monoisotopic (exact) mass is 280 g/mol. The molecule has 1 heterocycles. The zero-order chi connectivity index (χ0) is 14.5. The molecule has 2 atom stereocenters. The maximum absolute atomic E-state index is 12.7. The summed E-state index contributed by atoms with van der Waals surface area (Å²) in [5, 5.41) is 11.9. The van der Waals surface area contributed by atoms with E-state index in [0.29, 0.717) is 13.0 Å². The molecule has 1 saturated carbocycles. The van der Waals surface area contributed by atoms with Crippen molar-refractivity contribution in [2.45, 2.75) is 25.7 Å². The van der Waals surface area contributed by atoms with Gasteiger partial charge in [-0.05, 0) is 30.9 Å². The number of amides is 1. The lowest BCUT2D eigenvalue weighted by molar-refractivity contribution is -0.144. The average molecular weight is 280 g/mol. The number of hydrogen-bond donors (Lipinski definition) is 2. The van der Waals surface area contributed by atoms with Crippen LogP contribution in [0.3, 0.4) is 0 Å². The topological polar surface area (TPSA) is 79.3 Å². The molecule has 1 amide bonds. The van der Waals surface area contributed by atoms with Gasteiger partial charge in [0.25, 0.3) is 5.91 Å². The number of aliphatic carboxylic acids is 1. The summed E-state index contributed by atoms with van der Waals surface area (Å²) in [4.78, 5) is 26.4. The predicted molar refractivity (Wildman–Crippen MR) is 69.6 cm³/mol. The van der Waals surface area contributed by atoms with Crippen LogP contribution in [0.5, 0.6) is 0 Å². The molecule has 6 heteroatoms. The van der Waals surface area contributed by atoms with E-state index in [1.807, 2.05) is 0 Å². The molecular formula is C14H17FN2O3. The van der Waals surface area contributed by atoms with Crippen molar-refractivity contribution in [2.75, 3.05) is 6.54 Å². The third kappa shape index (κ3) is 3.53. The van der Waals surface area contributed by atoms with Crippen molar-refractivity contribution in [3.05, 3.63) is 29.8 Å². The van der Waals surface area contributed by atoms with Crippen molar-refractivity contribution in [1.29, 1.82) is 0 Å². The molecule has 2 N–H and O–H groups in total. The first kappa shape index (κ1) is 14.4. The van der Waals surface area contributed by atoms with Crippen molar-refractivity contribution in [2.24, 2.45) is 11.8 Å². The number of carboxylic acids is 1. The van der Waals surface area contributed by atoms with E-state index < -0.39 is 17.8 Å². The van der Waals surface area contributed by atoms with Crippen LogP contribution in [0, 0.1) is 17.8 Å². The number of nitrogens with zero attached hydrogens (tertiary/aromatic N) is 1. The fourth-order valence-electron chi connectivity index (χ4n) is 2.61. The van der Waals surface area contributed by atoms with Gasteiger partial charge in [0.2, 0.25) is 5.95 Å². The van der Waals surface area contributed by atoms with Gasteiger partial charge in [-0.1, -0.05) is 12.8 Å². The second-order valence-corrected chi connectivity index (χ2v) is 5.07. The Balaban J connectivity index is 1.91. The van der Waals surface area contributed by atoms with Crippen LogP contribution in [-0.4, -0.2) is 28.5 Å². The van der Waals surface area contributed by atoms with E-state index in [9.17, 15) is 14.0 Å². The van der Waals surface area contributed by atoms with E-state index in [2.05, 4.69) is 10.3 Å². The van der Waals surface area contributed by atoms with E-state index in [-0.39, 0.29) is 17.4 Å². The lowest BCUT2D eigenvalue weighted by Crippen LogP contribution is -2.37. The van der Waals surface area contributed by atoms with Gasteiger partial charge in [-0.2, -0.15) is 4.39 Å². The molecule has 1 aromatic heterocycles. The SMILES string of the molecule is O=C(NCC1CCCCC1C(=O)O)c1ccc(F)nc1. The molecule has 2 rings (SSSR count). The largest absolute Gasteiger partial charge is 0.481 e. The number of carboxylic acid groups (broad SMARTS) is 1. The molecule has 1 aromatic rings. The Morgan fingerprint density at radius 1 is 1.35 bits per heavy atom. The van der Waals surface area contributed by atoms with Crippen LogP contribution in [0.25, 0.3) is 0 Å². The number of hydrogen-bond acceptors (Lipinski definition) is 3. The molecule has 5 nitrogen and oxygen atoms in total. The zero-order valence-corrected chi connectivity index (χ0v) is 11.0. The Kier molecular flexibility index (Phi) is 4.65. The van der Waals surface area contributed by atoms with E-state index >= 15 is 0 Å². The van der Waals surface area contributed by atoms with Crippen LogP contribution in [0.1, 0.15) is 36.0 Å². The lowest BCUT2D eigenvalue weighted by atomic mass is 9.79. The third-order valence-corrected chi connectivity index (χ3v) is 3.74. The number of nitrogens with one attached hydrogen (secondary N) is 1. The van der Waals surface area contributed by atoms with E-state index in [0.717, 1.165) is 25.3 Å². The molecule has 0 aromatic carbocycles. The Labute approximate surface area is 116 Å². The number of halogens is 1. The highest BCUT2D eigenvalue weighted by Crippen LogP contribution is 2.29. The van der Waals surface area contributed by atoms with Crippen LogP contribution in [0.15, 0.2) is 18.3 Å². The number of aromatic nitrogens is 1. The van der Waals surface area contributed by atoms with Crippen LogP contribution >= 0.6 is 0 Å². The Hall–Kier alpha value is -1.98. The van der Waals surface area contributed by atoms with Gasteiger partial charge < -0.3 is 10.4 Å². The average Bonchev–Trinajstić information content (AvgIpc) is 2.45. The van der Waals surface area contributed by atoms with Gasteiger partial charge in [0.1, 0.15) is 0 Å². The van der Waals surface area contributed by atoms with Gasteiger partial charge in [-0.15, -0.1) is 0 Å². The first-order chi connectivity index (χ1) is 9.58. The van der Waals surface area contributed by atoms with Gasteiger partial charge in [0, 0.05) is 12.7 Å². The van der Waals surface area contributed by atoms with Crippen LogP contribution < -0.4 is 5.32 Å². The molecule has 108 valence electrons. The number of carbonyl (C=O) groups excluding carboxylic acids is 1. The lowest BCUT2D eigenvalue weighted by Gasteiger charge is -2.28. The van der Waals surface area contributed by atoms with Gasteiger partial charge in [0.15, 0.2) is 0 Å². The van der Waals surface area contributed by atoms with Crippen LogP contribution in [-0.2, 0) is 4.79 Å². The summed E-state index contributed by atoms with van der Waals surface area (Å²) in [5.74, 6) is -2.23. The minimum Gasteiger partial charge on any atom is -0.481 e. The van der Waals surface area contributed by atoms with Crippen molar-refractivity contribution >= 4 is 11.9 Å². The zero-order valence-electron chi connectivity index (χ0n) is 11.0. The minimum absolute atomic E-state index is 0.0430. The molecule has 0 bridgehead atoms. The van der Waals surface area contributed by atoms with Crippen LogP contribution in [0.2, 0.25) is 0 Å². The summed E-state index contributed by atoms with van der Waals surface area (Å²) < 4.78 is 12.7. The number of pyridine rings is 1. The fourth-order valence-corrected chi connectivity index (χ4v) is 2.61. The number of rotatable bonds is 4. The highest BCUT2D eigenvalue weighted by Gasteiger charge is 2.30. The Bertz CT molecular complexity index is 490. The maximum atomic E-state index is 12.7. The summed E-state index contributed by atoms with van der Waals surface area (Å²) in [6.45, 7) is 0.327. The molecule has 0 saturated heterocycles. The van der Waals surface area contributed by atoms with Crippen LogP contribution in [0.4, 0.5) is 4.39 Å². The third-order valence-electron chi connectivity index (χ3n) is 3.74. The predicted octanol–water partition coefficient (Wildman–Crippen LogP) is 1.84. The minimum atomic E-state index is -0.799. The van der Waals surface area contributed by atoms with E-state index in [4.69, 9.17) is 5.11 Å². The molecule has 1 fully saturated rings. The fraction of sp³-hybridized carbons (Fsp3) is 0.500. The summed E-state index contributed by atoms with van der Waals surface area (Å²) in [6.07, 6.45) is 4.54. The highest BCUT2D eigenvalue weighted by molar-refractivity contribution is 5.93. The molecule has 0 aliphatic heterocycles. The molecule has 1 aliphatic carbocycles. The summed E-state index contributed by atoms with van der Waals surface area (Å²) >= 11 is 0. The molecule has 1 aliphatic rings. The van der Waals surface area contributed by atoms with E-state index in [1.165, 1.54) is 12.3 Å². The molecular weight excluding hydrogens is 263 g/mol. The van der Waals surface area contributed by atoms with Gasteiger partial charge in [0.05, 0.1) is 11.5 Å². The van der Waals surface area contributed by atoms with Gasteiger partial charge >= 0.3 is 5.97 Å².